The third-order valence-electron chi connectivity index (χ3n) is 3.88. The van der Waals surface area contributed by atoms with E-state index in [9.17, 15) is 13.2 Å². The van der Waals surface area contributed by atoms with Crippen molar-refractivity contribution in [3.05, 3.63) is 57.6 Å². The van der Waals surface area contributed by atoms with Gasteiger partial charge in [0.15, 0.2) is 0 Å². The Morgan fingerprint density at radius 3 is 2.50 bits per heavy atom. The summed E-state index contributed by atoms with van der Waals surface area (Å²) in [6.07, 6.45) is 0. The second-order valence-corrected chi connectivity index (χ2v) is 8.28. The molecule has 2 aromatic rings. The van der Waals surface area contributed by atoms with Gasteiger partial charge in [-0.05, 0) is 56.2 Å². The minimum absolute atomic E-state index is 0.0218. The Labute approximate surface area is 163 Å². The fourth-order valence-electron chi connectivity index (χ4n) is 2.42. The molecule has 0 saturated carbocycles. The van der Waals surface area contributed by atoms with E-state index in [1.165, 1.54) is 18.2 Å². The number of rotatable bonds is 6. The number of sulfonamides is 1. The summed E-state index contributed by atoms with van der Waals surface area (Å²) in [6.45, 7) is 4.99. The molecule has 0 aliphatic carbocycles. The lowest BCUT2D eigenvalue weighted by Crippen LogP contribution is -2.37. The Kier molecular flexibility index (Phi) is 6.55. The van der Waals surface area contributed by atoms with Gasteiger partial charge < -0.3 is 4.74 Å². The minimum Gasteiger partial charge on any atom is -0.465 e. The maximum atomic E-state index is 13.3. The second-order valence-electron chi connectivity index (χ2n) is 5.61. The van der Waals surface area contributed by atoms with Gasteiger partial charge in [-0.25, -0.2) is 8.42 Å². The number of hydrogen-bond acceptors (Lipinski definition) is 4. The van der Waals surface area contributed by atoms with Gasteiger partial charge in [0.05, 0.1) is 17.3 Å². The summed E-state index contributed by atoms with van der Waals surface area (Å²) in [7, 11) is -4.14. The largest absolute Gasteiger partial charge is 0.465 e. The molecule has 0 spiro atoms. The molecule has 140 valence electrons. The molecule has 5 nitrogen and oxygen atoms in total. The Morgan fingerprint density at radius 2 is 1.85 bits per heavy atom. The SMILES string of the molecule is CCOC(=O)CN(c1cccc(C)c1C)S(=O)(=O)c1cc(Cl)ccc1Cl. The van der Waals surface area contributed by atoms with Crippen LogP contribution in [0.5, 0.6) is 0 Å². The highest BCUT2D eigenvalue weighted by Gasteiger charge is 2.31. The van der Waals surface area contributed by atoms with E-state index < -0.39 is 22.5 Å². The van der Waals surface area contributed by atoms with Crippen LogP contribution in [-0.2, 0) is 19.6 Å². The van der Waals surface area contributed by atoms with Gasteiger partial charge in [0.25, 0.3) is 10.0 Å². The lowest BCUT2D eigenvalue weighted by molar-refractivity contribution is -0.141. The van der Waals surface area contributed by atoms with Crippen molar-refractivity contribution in [3.8, 4) is 0 Å². The van der Waals surface area contributed by atoms with Gasteiger partial charge in [-0.1, -0.05) is 35.3 Å². The van der Waals surface area contributed by atoms with Crippen molar-refractivity contribution in [3.63, 3.8) is 0 Å². The van der Waals surface area contributed by atoms with Crippen LogP contribution in [-0.4, -0.2) is 27.5 Å². The molecule has 2 rings (SSSR count). The number of carbonyl (C=O) groups is 1. The van der Waals surface area contributed by atoms with Crippen molar-refractivity contribution in [2.45, 2.75) is 25.7 Å². The molecular formula is C18H19Cl2NO4S. The average molecular weight is 416 g/mol. The van der Waals surface area contributed by atoms with Crippen LogP contribution in [0.1, 0.15) is 18.1 Å². The van der Waals surface area contributed by atoms with Crippen LogP contribution in [0.2, 0.25) is 10.0 Å². The Balaban J connectivity index is 2.64. The highest BCUT2D eigenvalue weighted by molar-refractivity contribution is 7.93. The van der Waals surface area contributed by atoms with Crippen molar-refractivity contribution >= 4 is 44.9 Å². The summed E-state index contributed by atoms with van der Waals surface area (Å²) in [5.41, 5.74) is 2.01. The van der Waals surface area contributed by atoms with Crippen molar-refractivity contribution in [2.24, 2.45) is 0 Å². The normalized spacial score (nSPS) is 11.3. The number of nitrogens with zero attached hydrogens (tertiary/aromatic N) is 1. The first-order valence-electron chi connectivity index (χ1n) is 7.88. The molecular weight excluding hydrogens is 397 g/mol. The van der Waals surface area contributed by atoms with Gasteiger partial charge in [0.1, 0.15) is 11.4 Å². The Hall–Kier alpha value is -1.76. The van der Waals surface area contributed by atoms with Gasteiger partial charge in [0, 0.05) is 5.02 Å². The van der Waals surface area contributed by atoms with Crippen LogP contribution < -0.4 is 4.31 Å². The molecule has 0 bridgehead atoms. The maximum absolute atomic E-state index is 13.3. The van der Waals surface area contributed by atoms with E-state index in [4.69, 9.17) is 27.9 Å². The lowest BCUT2D eigenvalue weighted by Gasteiger charge is -2.26. The monoisotopic (exact) mass is 415 g/mol. The highest BCUT2D eigenvalue weighted by Crippen LogP contribution is 2.32. The molecule has 0 amide bonds. The third kappa shape index (κ3) is 4.31. The zero-order valence-electron chi connectivity index (χ0n) is 14.6. The molecule has 0 unspecified atom stereocenters. The summed E-state index contributed by atoms with van der Waals surface area (Å²) < 4.78 is 32.5. The topological polar surface area (TPSA) is 63.7 Å². The molecule has 0 aliphatic heterocycles. The first kappa shape index (κ1) is 20.6. The van der Waals surface area contributed by atoms with Crippen molar-refractivity contribution in [1.29, 1.82) is 0 Å². The van der Waals surface area contributed by atoms with E-state index in [0.717, 1.165) is 15.4 Å². The van der Waals surface area contributed by atoms with Crippen LogP contribution in [0.3, 0.4) is 0 Å². The van der Waals surface area contributed by atoms with Crippen LogP contribution in [0.25, 0.3) is 0 Å². The first-order chi connectivity index (χ1) is 12.2. The van der Waals surface area contributed by atoms with Crippen LogP contribution in [0.15, 0.2) is 41.3 Å². The summed E-state index contributed by atoms with van der Waals surface area (Å²) in [6, 6.07) is 9.39. The number of hydrogen-bond donors (Lipinski definition) is 0. The number of esters is 1. The molecule has 2 aromatic carbocycles. The molecule has 0 atom stereocenters. The van der Waals surface area contributed by atoms with E-state index in [1.807, 2.05) is 13.0 Å². The van der Waals surface area contributed by atoms with Crippen LogP contribution >= 0.6 is 23.2 Å². The predicted octanol–water partition coefficient (Wildman–Crippen LogP) is 4.37. The summed E-state index contributed by atoms with van der Waals surface area (Å²) >= 11 is 12.1. The van der Waals surface area contributed by atoms with E-state index in [2.05, 4.69) is 0 Å². The standard InChI is InChI=1S/C18H19Cl2NO4S/c1-4-25-18(22)11-21(16-7-5-6-12(2)13(16)3)26(23,24)17-10-14(19)8-9-15(17)20/h5-10H,4,11H2,1-3H3. The maximum Gasteiger partial charge on any atom is 0.326 e. The van der Waals surface area contributed by atoms with Gasteiger partial charge in [-0.2, -0.15) is 0 Å². The fourth-order valence-corrected chi connectivity index (χ4v) is 4.63. The summed E-state index contributed by atoms with van der Waals surface area (Å²) in [5.74, 6) is -0.657. The Bertz CT molecular complexity index is 929. The predicted molar refractivity (Wildman–Crippen MR) is 104 cm³/mol. The van der Waals surface area contributed by atoms with E-state index >= 15 is 0 Å². The highest BCUT2D eigenvalue weighted by atomic mass is 35.5. The number of aryl methyl sites for hydroxylation is 1. The van der Waals surface area contributed by atoms with E-state index in [0.29, 0.717) is 5.69 Å². The molecule has 8 heteroatoms. The lowest BCUT2D eigenvalue weighted by atomic mass is 10.1. The van der Waals surface area contributed by atoms with Gasteiger partial charge in [-0.15, -0.1) is 0 Å². The number of ether oxygens (including phenoxy) is 1. The first-order valence-corrected chi connectivity index (χ1v) is 10.1. The molecule has 26 heavy (non-hydrogen) atoms. The third-order valence-corrected chi connectivity index (χ3v) is 6.36. The number of benzene rings is 2. The minimum atomic E-state index is -4.14. The Morgan fingerprint density at radius 1 is 1.15 bits per heavy atom. The molecule has 0 radical (unpaired) electrons. The van der Waals surface area contributed by atoms with E-state index in [1.54, 1.807) is 26.0 Å². The summed E-state index contributed by atoms with van der Waals surface area (Å²) in [5, 5.41) is 0.249. The molecule has 0 heterocycles. The smallest absolute Gasteiger partial charge is 0.326 e. The van der Waals surface area contributed by atoms with Crippen LogP contribution in [0.4, 0.5) is 5.69 Å². The zero-order valence-corrected chi connectivity index (χ0v) is 17.0. The molecule has 0 aromatic heterocycles. The quantitative estimate of drug-likeness (QED) is 0.656. The fraction of sp³-hybridized carbons (Fsp3) is 0.278. The molecule has 0 fully saturated rings. The van der Waals surface area contributed by atoms with Crippen molar-refractivity contribution in [2.75, 3.05) is 17.5 Å². The molecule has 0 saturated heterocycles. The molecule has 0 aliphatic rings. The number of carbonyl (C=O) groups excluding carboxylic acids is 1. The van der Waals surface area contributed by atoms with Crippen LogP contribution in [0, 0.1) is 13.8 Å². The van der Waals surface area contributed by atoms with E-state index in [-0.39, 0.29) is 21.5 Å². The second kappa shape index (κ2) is 8.29. The number of anilines is 1. The van der Waals surface area contributed by atoms with Gasteiger partial charge in [-0.3, -0.25) is 9.10 Å². The van der Waals surface area contributed by atoms with Gasteiger partial charge in [0.2, 0.25) is 0 Å². The van der Waals surface area contributed by atoms with Crippen molar-refractivity contribution in [1.82, 2.24) is 0 Å². The average Bonchev–Trinajstić information content (AvgIpc) is 2.58. The van der Waals surface area contributed by atoms with Gasteiger partial charge >= 0.3 is 5.97 Å². The zero-order chi connectivity index (χ0) is 19.5. The number of halogens is 2. The van der Waals surface area contributed by atoms with Crippen molar-refractivity contribution < 1.29 is 17.9 Å². The summed E-state index contributed by atoms with van der Waals surface area (Å²) in [4.78, 5) is 11.9. The molecule has 0 N–H and O–H groups in total.